The lowest BCUT2D eigenvalue weighted by Crippen LogP contribution is -2.17. The molecule has 0 radical (unpaired) electrons. The van der Waals surface area contributed by atoms with Gasteiger partial charge >= 0.3 is 0 Å². The molecule has 4 aromatic rings. The average Bonchev–Trinajstić information content (AvgIpc) is 2.74. The van der Waals surface area contributed by atoms with E-state index in [-0.39, 0.29) is 5.91 Å². The SMILES string of the molecule is CNC(=O)c1ccc(Nc2nc(-c3cccnc3)nc3ccccc23)cc1. The summed E-state index contributed by atoms with van der Waals surface area (Å²) in [6.07, 6.45) is 3.46. The molecule has 0 saturated carbocycles. The maximum atomic E-state index is 11.7. The number of pyridine rings is 1. The molecule has 0 saturated heterocycles. The fourth-order valence-corrected chi connectivity index (χ4v) is 2.78. The Morgan fingerprint density at radius 1 is 0.926 bits per heavy atom. The van der Waals surface area contributed by atoms with Crippen LogP contribution in [0.2, 0.25) is 0 Å². The van der Waals surface area contributed by atoms with Crippen LogP contribution >= 0.6 is 0 Å². The molecule has 1 amide bonds. The summed E-state index contributed by atoms with van der Waals surface area (Å²) >= 11 is 0. The van der Waals surface area contributed by atoms with Crippen molar-refractivity contribution in [1.29, 1.82) is 0 Å². The van der Waals surface area contributed by atoms with Gasteiger partial charge in [-0.1, -0.05) is 12.1 Å². The summed E-state index contributed by atoms with van der Waals surface area (Å²) in [4.78, 5) is 25.2. The first-order chi connectivity index (χ1) is 13.2. The fraction of sp³-hybridized carbons (Fsp3) is 0.0476. The Hall–Kier alpha value is -3.80. The molecule has 0 fully saturated rings. The Kier molecular flexibility index (Phi) is 4.45. The van der Waals surface area contributed by atoms with E-state index in [4.69, 9.17) is 4.98 Å². The minimum Gasteiger partial charge on any atom is -0.355 e. The molecule has 27 heavy (non-hydrogen) atoms. The van der Waals surface area contributed by atoms with Crippen LogP contribution in [0, 0.1) is 0 Å². The molecule has 0 aliphatic rings. The van der Waals surface area contributed by atoms with Crippen molar-refractivity contribution in [3.05, 3.63) is 78.6 Å². The van der Waals surface area contributed by atoms with E-state index in [1.807, 2.05) is 48.5 Å². The van der Waals surface area contributed by atoms with Crippen molar-refractivity contribution in [3.63, 3.8) is 0 Å². The van der Waals surface area contributed by atoms with Gasteiger partial charge in [0.1, 0.15) is 5.82 Å². The normalized spacial score (nSPS) is 10.6. The van der Waals surface area contributed by atoms with E-state index in [9.17, 15) is 4.79 Å². The van der Waals surface area contributed by atoms with E-state index in [0.717, 1.165) is 22.2 Å². The van der Waals surface area contributed by atoms with Gasteiger partial charge in [0.2, 0.25) is 0 Å². The predicted octanol–water partition coefficient (Wildman–Crippen LogP) is 3.80. The molecule has 2 aromatic heterocycles. The number of carbonyl (C=O) groups excluding carboxylic acids is 1. The van der Waals surface area contributed by atoms with Gasteiger partial charge in [-0.15, -0.1) is 0 Å². The molecule has 2 heterocycles. The van der Waals surface area contributed by atoms with Crippen LogP contribution in [-0.4, -0.2) is 27.9 Å². The highest BCUT2D eigenvalue weighted by Crippen LogP contribution is 2.27. The predicted molar refractivity (Wildman–Crippen MR) is 106 cm³/mol. The van der Waals surface area contributed by atoms with Crippen molar-refractivity contribution in [2.24, 2.45) is 0 Å². The number of hydrogen-bond acceptors (Lipinski definition) is 5. The molecule has 132 valence electrons. The van der Waals surface area contributed by atoms with Crippen molar-refractivity contribution in [2.75, 3.05) is 12.4 Å². The highest BCUT2D eigenvalue weighted by atomic mass is 16.1. The Bertz CT molecular complexity index is 1090. The maximum Gasteiger partial charge on any atom is 0.251 e. The third kappa shape index (κ3) is 3.46. The summed E-state index contributed by atoms with van der Waals surface area (Å²) in [6, 6.07) is 18.9. The molecule has 4 rings (SSSR count). The molecular formula is C21H17N5O. The van der Waals surface area contributed by atoms with Gasteiger partial charge < -0.3 is 10.6 Å². The van der Waals surface area contributed by atoms with Crippen LogP contribution in [0.5, 0.6) is 0 Å². The quantitative estimate of drug-likeness (QED) is 0.582. The zero-order valence-corrected chi connectivity index (χ0v) is 14.7. The number of aromatic nitrogens is 3. The van der Waals surface area contributed by atoms with Crippen LogP contribution in [0.15, 0.2) is 73.1 Å². The van der Waals surface area contributed by atoms with E-state index in [2.05, 4.69) is 20.6 Å². The average molecular weight is 355 g/mol. The highest BCUT2D eigenvalue weighted by molar-refractivity contribution is 5.95. The van der Waals surface area contributed by atoms with Gasteiger partial charge in [0.15, 0.2) is 5.82 Å². The Morgan fingerprint density at radius 2 is 1.74 bits per heavy atom. The third-order valence-electron chi connectivity index (χ3n) is 4.16. The van der Waals surface area contributed by atoms with Gasteiger partial charge in [0, 0.05) is 41.6 Å². The highest BCUT2D eigenvalue weighted by Gasteiger charge is 2.10. The van der Waals surface area contributed by atoms with Crippen LogP contribution in [-0.2, 0) is 0 Å². The maximum absolute atomic E-state index is 11.7. The first-order valence-corrected chi connectivity index (χ1v) is 8.51. The number of hydrogen-bond donors (Lipinski definition) is 2. The van der Waals surface area contributed by atoms with Gasteiger partial charge in [-0.3, -0.25) is 9.78 Å². The number of rotatable bonds is 4. The number of nitrogens with zero attached hydrogens (tertiary/aromatic N) is 3. The summed E-state index contributed by atoms with van der Waals surface area (Å²) in [6.45, 7) is 0. The van der Waals surface area contributed by atoms with E-state index in [1.165, 1.54) is 0 Å². The molecule has 6 nitrogen and oxygen atoms in total. The topological polar surface area (TPSA) is 79.8 Å². The van der Waals surface area contributed by atoms with Crippen LogP contribution in [0.25, 0.3) is 22.3 Å². The van der Waals surface area contributed by atoms with E-state index >= 15 is 0 Å². The Morgan fingerprint density at radius 3 is 2.48 bits per heavy atom. The lowest BCUT2D eigenvalue weighted by atomic mass is 10.1. The number of nitrogens with one attached hydrogen (secondary N) is 2. The number of amides is 1. The second-order valence-corrected chi connectivity index (χ2v) is 5.94. The van der Waals surface area contributed by atoms with E-state index in [1.54, 1.807) is 31.6 Å². The van der Waals surface area contributed by atoms with Crippen molar-refractivity contribution in [1.82, 2.24) is 20.3 Å². The Balaban J connectivity index is 1.75. The molecule has 0 aliphatic carbocycles. The fourth-order valence-electron chi connectivity index (χ4n) is 2.78. The van der Waals surface area contributed by atoms with Crippen molar-refractivity contribution >= 4 is 28.3 Å². The van der Waals surface area contributed by atoms with Crippen molar-refractivity contribution in [3.8, 4) is 11.4 Å². The minimum atomic E-state index is -0.118. The molecule has 0 bridgehead atoms. The van der Waals surface area contributed by atoms with Crippen LogP contribution in [0.1, 0.15) is 10.4 Å². The molecule has 2 aromatic carbocycles. The number of para-hydroxylation sites is 1. The molecule has 0 atom stereocenters. The molecule has 6 heteroatoms. The lowest BCUT2D eigenvalue weighted by molar-refractivity contribution is 0.0963. The number of anilines is 2. The Labute approximate surface area is 156 Å². The lowest BCUT2D eigenvalue weighted by Gasteiger charge is -2.11. The van der Waals surface area contributed by atoms with Gasteiger partial charge in [-0.2, -0.15) is 0 Å². The molecule has 0 unspecified atom stereocenters. The second kappa shape index (κ2) is 7.21. The first-order valence-electron chi connectivity index (χ1n) is 8.51. The number of fused-ring (bicyclic) bond motifs is 1. The smallest absolute Gasteiger partial charge is 0.251 e. The van der Waals surface area contributed by atoms with Gasteiger partial charge in [-0.25, -0.2) is 9.97 Å². The molecular weight excluding hydrogens is 338 g/mol. The molecule has 0 aliphatic heterocycles. The minimum absolute atomic E-state index is 0.118. The first kappa shape index (κ1) is 16.7. The van der Waals surface area contributed by atoms with Crippen molar-refractivity contribution in [2.45, 2.75) is 0 Å². The monoisotopic (exact) mass is 355 g/mol. The molecule has 2 N–H and O–H groups in total. The summed E-state index contributed by atoms with van der Waals surface area (Å²) in [7, 11) is 1.61. The third-order valence-corrected chi connectivity index (χ3v) is 4.16. The second-order valence-electron chi connectivity index (χ2n) is 5.94. The van der Waals surface area contributed by atoms with Crippen LogP contribution in [0.4, 0.5) is 11.5 Å². The zero-order chi connectivity index (χ0) is 18.6. The largest absolute Gasteiger partial charge is 0.355 e. The van der Waals surface area contributed by atoms with Crippen LogP contribution in [0.3, 0.4) is 0 Å². The molecule has 0 spiro atoms. The van der Waals surface area contributed by atoms with Gasteiger partial charge in [0.05, 0.1) is 5.52 Å². The standard InChI is InChI=1S/C21H17N5O/c1-22-21(27)14-8-10-16(11-9-14)24-20-17-6-2-3-7-18(17)25-19(26-20)15-5-4-12-23-13-15/h2-13H,1H3,(H,22,27)(H,24,25,26). The summed E-state index contributed by atoms with van der Waals surface area (Å²) in [5, 5.41) is 6.87. The zero-order valence-electron chi connectivity index (χ0n) is 14.7. The van der Waals surface area contributed by atoms with Gasteiger partial charge in [0.25, 0.3) is 5.91 Å². The summed E-state index contributed by atoms with van der Waals surface area (Å²) < 4.78 is 0. The summed E-state index contributed by atoms with van der Waals surface area (Å²) in [5.41, 5.74) is 3.13. The van der Waals surface area contributed by atoms with Gasteiger partial charge in [-0.05, 0) is 48.5 Å². The van der Waals surface area contributed by atoms with E-state index < -0.39 is 0 Å². The van der Waals surface area contributed by atoms with Crippen LogP contribution < -0.4 is 10.6 Å². The van der Waals surface area contributed by atoms with Crippen molar-refractivity contribution < 1.29 is 4.79 Å². The number of carbonyl (C=O) groups is 1. The summed E-state index contributed by atoms with van der Waals surface area (Å²) in [5.74, 6) is 1.19. The van der Waals surface area contributed by atoms with E-state index in [0.29, 0.717) is 17.2 Å². The number of benzene rings is 2.